The topological polar surface area (TPSA) is 92.4 Å². The van der Waals surface area contributed by atoms with E-state index < -0.39 is 10.0 Å². The van der Waals surface area contributed by atoms with E-state index in [1.807, 2.05) is 12.1 Å². The van der Waals surface area contributed by atoms with Crippen LogP contribution in [0.4, 0.5) is 5.69 Å². The third-order valence-electron chi connectivity index (χ3n) is 3.39. The summed E-state index contributed by atoms with van der Waals surface area (Å²) < 4.78 is 21.9. The molecule has 1 saturated carbocycles. The minimum Gasteiger partial charge on any atom is -0.393 e. The Morgan fingerprint density at radius 2 is 1.74 bits per heavy atom. The Balaban J connectivity index is 1.92. The Morgan fingerprint density at radius 1 is 1.16 bits per heavy atom. The zero-order valence-corrected chi connectivity index (χ0v) is 11.6. The van der Waals surface area contributed by atoms with Gasteiger partial charge in [0.2, 0.25) is 10.0 Å². The van der Waals surface area contributed by atoms with E-state index in [-0.39, 0.29) is 11.9 Å². The molecule has 1 aliphatic carbocycles. The van der Waals surface area contributed by atoms with E-state index in [0.717, 1.165) is 31.4 Å². The summed E-state index contributed by atoms with van der Waals surface area (Å²) in [4.78, 5) is 0. The average Bonchev–Trinajstić information content (AvgIpc) is 2.33. The summed E-state index contributed by atoms with van der Waals surface area (Å²) in [5, 5.41) is 17.8. The number of nitrogens with one attached hydrogen (secondary N) is 1. The second kappa shape index (κ2) is 5.90. The molecule has 1 aromatic carbocycles. The predicted octanol–water partition coefficient (Wildman–Crippen LogP) is 1.19. The molecule has 5 nitrogen and oxygen atoms in total. The summed E-state index contributed by atoms with van der Waals surface area (Å²) in [6, 6.07) is 7.65. The third-order valence-corrected chi connectivity index (χ3v) is 4.12. The minimum absolute atomic E-state index is 0.136. The van der Waals surface area contributed by atoms with Crippen molar-refractivity contribution in [2.45, 2.75) is 43.6 Å². The number of benzene rings is 1. The Morgan fingerprint density at radius 3 is 2.26 bits per heavy atom. The summed E-state index contributed by atoms with van der Waals surface area (Å²) in [7, 11) is -3.47. The van der Waals surface area contributed by atoms with Gasteiger partial charge in [0.25, 0.3) is 0 Å². The van der Waals surface area contributed by atoms with E-state index in [2.05, 4.69) is 5.32 Å². The number of aliphatic hydroxyl groups excluding tert-OH is 1. The third kappa shape index (κ3) is 4.81. The van der Waals surface area contributed by atoms with Crippen molar-refractivity contribution >= 4 is 15.7 Å². The number of anilines is 1. The highest BCUT2D eigenvalue weighted by atomic mass is 32.2. The summed E-state index contributed by atoms with van der Waals surface area (Å²) in [5.41, 5.74) is 1.66. The maximum Gasteiger partial charge on any atom is 0.213 e. The van der Waals surface area contributed by atoms with Crippen LogP contribution >= 0.6 is 0 Å². The van der Waals surface area contributed by atoms with E-state index in [1.165, 1.54) is 0 Å². The van der Waals surface area contributed by atoms with E-state index in [1.54, 1.807) is 12.1 Å². The van der Waals surface area contributed by atoms with Gasteiger partial charge in [-0.1, -0.05) is 12.1 Å². The number of primary sulfonamides is 1. The van der Waals surface area contributed by atoms with Crippen LogP contribution in [0.3, 0.4) is 0 Å². The van der Waals surface area contributed by atoms with Gasteiger partial charge in [0.05, 0.1) is 11.9 Å². The van der Waals surface area contributed by atoms with Crippen LogP contribution in [0.15, 0.2) is 24.3 Å². The number of hydrogen-bond donors (Lipinski definition) is 3. The second-order valence-electron chi connectivity index (χ2n) is 5.15. The molecule has 0 amide bonds. The van der Waals surface area contributed by atoms with Crippen LogP contribution in [0.5, 0.6) is 0 Å². The fraction of sp³-hybridized carbons (Fsp3) is 0.538. The van der Waals surface area contributed by atoms with Crippen LogP contribution in [-0.2, 0) is 15.8 Å². The molecule has 19 heavy (non-hydrogen) atoms. The molecule has 0 atom stereocenters. The molecular weight excluding hydrogens is 264 g/mol. The van der Waals surface area contributed by atoms with Crippen LogP contribution in [0.25, 0.3) is 0 Å². The molecule has 1 aliphatic rings. The van der Waals surface area contributed by atoms with Gasteiger partial charge in [0, 0.05) is 11.7 Å². The first-order valence-electron chi connectivity index (χ1n) is 6.46. The van der Waals surface area contributed by atoms with Gasteiger partial charge >= 0.3 is 0 Å². The lowest BCUT2D eigenvalue weighted by Gasteiger charge is -2.27. The first kappa shape index (κ1) is 14.3. The van der Waals surface area contributed by atoms with Gasteiger partial charge in [-0.2, -0.15) is 0 Å². The van der Waals surface area contributed by atoms with Crippen molar-refractivity contribution in [3.63, 3.8) is 0 Å². The number of nitrogens with two attached hydrogens (primary N) is 1. The number of sulfonamides is 1. The lowest BCUT2D eigenvalue weighted by molar-refractivity contribution is 0.126. The van der Waals surface area contributed by atoms with Gasteiger partial charge in [-0.05, 0) is 43.4 Å². The van der Waals surface area contributed by atoms with E-state index in [4.69, 9.17) is 5.14 Å². The summed E-state index contributed by atoms with van der Waals surface area (Å²) in [6.45, 7) is 0. The normalized spacial score (nSPS) is 24.1. The molecule has 1 aromatic rings. The highest BCUT2D eigenvalue weighted by molar-refractivity contribution is 7.88. The molecular formula is C13H20N2O3S. The fourth-order valence-corrected chi connectivity index (χ4v) is 3.04. The molecule has 6 heteroatoms. The van der Waals surface area contributed by atoms with Crippen LogP contribution in [-0.4, -0.2) is 25.7 Å². The van der Waals surface area contributed by atoms with Gasteiger partial charge in [-0.25, -0.2) is 13.6 Å². The lowest BCUT2D eigenvalue weighted by atomic mass is 9.93. The summed E-state index contributed by atoms with van der Waals surface area (Å²) in [5.74, 6) is -0.136. The molecule has 4 N–H and O–H groups in total. The zero-order chi connectivity index (χ0) is 13.9. The van der Waals surface area contributed by atoms with Crippen molar-refractivity contribution in [1.29, 1.82) is 0 Å². The van der Waals surface area contributed by atoms with E-state index in [0.29, 0.717) is 11.6 Å². The van der Waals surface area contributed by atoms with Crippen LogP contribution in [0.2, 0.25) is 0 Å². The molecule has 0 aromatic heterocycles. The highest BCUT2D eigenvalue weighted by Crippen LogP contribution is 2.22. The molecule has 0 radical (unpaired) electrons. The number of aliphatic hydroxyl groups is 1. The maximum atomic E-state index is 11.0. The Kier molecular flexibility index (Phi) is 4.44. The lowest BCUT2D eigenvalue weighted by Crippen LogP contribution is -2.28. The maximum absolute atomic E-state index is 11.0. The fourth-order valence-electron chi connectivity index (χ4n) is 2.39. The Bertz CT molecular complexity index is 505. The van der Waals surface area contributed by atoms with Crippen molar-refractivity contribution in [2.24, 2.45) is 5.14 Å². The van der Waals surface area contributed by atoms with Gasteiger partial charge in [-0.15, -0.1) is 0 Å². The molecule has 0 heterocycles. The smallest absolute Gasteiger partial charge is 0.213 e. The van der Waals surface area contributed by atoms with Gasteiger partial charge in [0.15, 0.2) is 0 Å². The molecule has 0 aliphatic heterocycles. The van der Waals surface area contributed by atoms with E-state index in [9.17, 15) is 13.5 Å². The van der Waals surface area contributed by atoms with Crippen molar-refractivity contribution in [3.05, 3.63) is 29.8 Å². The van der Waals surface area contributed by atoms with E-state index >= 15 is 0 Å². The van der Waals surface area contributed by atoms with Gasteiger partial charge in [0.1, 0.15) is 0 Å². The first-order chi connectivity index (χ1) is 8.92. The molecule has 2 rings (SSSR count). The molecule has 0 unspecified atom stereocenters. The van der Waals surface area contributed by atoms with Gasteiger partial charge in [-0.3, -0.25) is 0 Å². The predicted molar refractivity (Wildman–Crippen MR) is 75.1 cm³/mol. The molecule has 106 valence electrons. The van der Waals surface area contributed by atoms with Gasteiger partial charge < -0.3 is 10.4 Å². The van der Waals surface area contributed by atoms with Crippen molar-refractivity contribution in [3.8, 4) is 0 Å². The number of hydrogen-bond acceptors (Lipinski definition) is 4. The Labute approximate surface area is 113 Å². The second-order valence-corrected chi connectivity index (χ2v) is 6.77. The highest BCUT2D eigenvalue weighted by Gasteiger charge is 2.18. The SMILES string of the molecule is NS(=O)(=O)Cc1ccc(NC2CCC(O)CC2)cc1. The van der Waals surface area contributed by atoms with Crippen molar-refractivity contribution in [1.82, 2.24) is 0 Å². The molecule has 0 bridgehead atoms. The summed E-state index contributed by atoms with van der Waals surface area (Å²) >= 11 is 0. The first-order valence-corrected chi connectivity index (χ1v) is 8.18. The van der Waals surface area contributed by atoms with Crippen LogP contribution in [0, 0.1) is 0 Å². The number of rotatable bonds is 4. The monoisotopic (exact) mass is 284 g/mol. The average molecular weight is 284 g/mol. The minimum atomic E-state index is -3.47. The zero-order valence-electron chi connectivity index (χ0n) is 10.7. The van der Waals surface area contributed by atoms with Crippen molar-refractivity contribution in [2.75, 3.05) is 5.32 Å². The largest absolute Gasteiger partial charge is 0.393 e. The van der Waals surface area contributed by atoms with Crippen molar-refractivity contribution < 1.29 is 13.5 Å². The van der Waals surface area contributed by atoms with Crippen LogP contribution in [0.1, 0.15) is 31.2 Å². The summed E-state index contributed by atoms with van der Waals surface area (Å²) in [6.07, 6.45) is 3.43. The Hall–Kier alpha value is -1.11. The molecule has 0 spiro atoms. The molecule has 1 fully saturated rings. The quantitative estimate of drug-likeness (QED) is 0.774. The van der Waals surface area contributed by atoms with Crippen LogP contribution < -0.4 is 10.5 Å². The molecule has 0 saturated heterocycles. The standard InChI is InChI=1S/C13H20N2O3S/c14-19(17,18)9-10-1-3-11(4-2-10)15-12-5-7-13(16)8-6-12/h1-4,12-13,15-16H,5-9H2,(H2,14,17,18).